The maximum absolute atomic E-state index is 12.2. The number of carbonyl (C=O) groups is 1. The van der Waals surface area contributed by atoms with E-state index in [0.717, 1.165) is 37.2 Å². The van der Waals surface area contributed by atoms with Crippen LogP contribution in [0.15, 0.2) is 24.3 Å². The largest absolute Gasteiger partial charge is 0.387 e. The number of hydrogen-bond acceptors (Lipinski definition) is 3. The van der Waals surface area contributed by atoms with Gasteiger partial charge in [-0.3, -0.25) is 4.79 Å². The Morgan fingerprint density at radius 3 is 2.71 bits per heavy atom. The quantitative estimate of drug-likeness (QED) is 0.874. The van der Waals surface area contributed by atoms with Crippen molar-refractivity contribution in [2.24, 2.45) is 11.8 Å². The zero-order valence-electron chi connectivity index (χ0n) is 12.8. The third-order valence-electron chi connectivity index (χ3n) is 4.40. The summed E-state index contributed by atoms with van der Waals surface area (Å²) in [6, 6.07) is 7.70. The number of amides is 1. The van der Waals surface area contributed by atoms with Crippen LogP contribution in [0.2, 0.25) is 0 Å². The van der Waals surface area contributed by atoms with Crippen LogP contribution in [-0.2, 0) is 9.53 Å². The highest BCUT2D eigenvalue weighted by Crippen LogP contribution is 2.24. The molecule has 1 aromatic carbocycles. The van der Waals surface area contributed by atoms with Gasteiger partial charge in [0.1, 0.15) is 0 Å². The number of nitrogens with one attached hydrogen (secondary N) is 1. The molecular weight excluding hydrogens is 266 g/mol. The first-order valence-corrected chi connectivity index (χ1v) is 7.68. The number of benzene rings is 1. The van der Waals surface area contributed by atoms with Gasteiger partial charge in [-0.25, -0.2) is 0 Å². The van der Waals surface area contributed by atoms with Crippen molar-refractivity contribution >= 4 is 5.91 Å². The number of aliphatic hydroxyl groups is 1. The second-order valence-electron chi connectivity index (χ2n) is 5.86. The van der Waals surface area contributed by atoms with E-state index in [-0.39, 0.29) is 18.4 Å². The maximum atomic E-state index is 12.2. The van der Waals surface area contributed by atoms with E-state index in [1.807, 2.05) is 38.1 Å². The van der Waals surface area contributed by atoms with Gasteiger partial charge in [0.05, 0.1) is 6.10 Å². The summed E-state index contributed by atoms with van der Waals surface area (Å²) in [4.78, 5) is 12.2. The summed E-state index contributed by atoms with van der Waals surface area (Å²) >= 11 is 0. The van der Waals surface area contributed by atoms with Crippen LogP contribution in [-0.4, -0.2) is 30.8 Å². The molecule has 0 bridgehead atoms. The van der Waals surface area contributed by atoms with Gasteiger partial charge in [-0.05, 0) is 36.8 Å². The van der Waals surface area contributed by atoms with Crippen LogP contribution in [0.4, 0.5) is 0 Å². The number of carbonyl (C=O) groups excluding carboxylic acids is 1. The normalized spacial score (nSPS) is 19.0. The Kier molecular flexibility index (Phi) is 5.76. The molecule has 0 radical (unpaired) electrons. The molecule has 1 heterocycles. The summed E-state index contributed by atoms with van der Waals surface area (Å²) in [7, 11) is 0. The standard InChI is InChI=1S/C17H25NO3/c1-12-5-3-4-6-15(12)16(19)11-18-17(20)13(2)14-7-9-21-10-8-14/h3-6,13-14,16,19H,7-11H2,1-2H3,(H,18,20). The highest BCUT2D eigenvalue weighted by Gasteiger charge is 2.26. The fraction of sp³-hybridized carbons (Fsp3) is 0.588. The fourth-order valence-electron chi connectivity index (χ4n) is 2.86. The lowest BCUT2D eigenvalue weighted by Gasteiger charge is -2.27. The molecule has 1 fully saturated rings. The lowest BCUT2D eigenvalue weighted by molar-refractivity contribution is -0.127. The molecule has 4 heteroatoms. The van der Waals surface area contributed by atoms with E-state index >= 15 is 0 Å². The van der Waals surface area contributed by atoms with E-state index in [4.69, 9.17) is 4.74 Å². The molecule has 0 aromatic heterocycles. The van der Waals surface area contributed by atoms with Gasteiger partial charge in [0.15, 0.2) is 0 Å². The summed E-state index contributed by atoms with van der Waals surface area (Å²) in [5.74, 6) is 0.377. The van der Waals surface area contributed by atoms with Crippen molar-refractivity contribution in [1.82, 2.24) is 5.32 Å². The van der Waals surface area contributed by atoms with Gasteiger partial charge in [0.2, 0.25) is 5.91 Å². The number of ether oxygens (including phenoxy) is 1. The minimum Gasteiger partial charge on any atom is -0.387 e. The van der Waals surface area contributed by atoms with Gasteiger partial charge in [0.25, 0.3) is 0 Å². The number of rotatable bonds is 5. The van der Waals surface area contributed by atoms with Crippen molar-refractivity contribution < 1.29 is 14.6 Å². The van der Waals surface area contributed by atoms with Crippen molar-refractivity contribution in [2.75, 3.05) is 19.8 Å². The van der Waals surface area contributed by atoms with Gasteiger partial charge in [-0.15, -0.1) is 0 Å². The highest BCUT2D eigenvalue weighted by molar-refractivity contribution is 5.78. The van der Waals surface area contributed by atoms with Gasteiger partial charge >= 0.3 is 0 Å². The Hall–Kier alpha value is -1.39. The van der Waals surface area contributed by atoms with E-state index in [2.05, 4.69) is 5.32 Å². The fourth-order valence-corrected chi connectivity index (χ4v) is 2.86. The van der Waals surface area contributed by atoms with Crippen LogP contribution in [0.5, 0.6) is 0 Å². The summed E-state index contributed by atoms with van der Waals surface area (Å²) < 4.78 is 5.33. The molecule has 4 nitrogen and oxygen atoms in total. The van der Waals surface area contributed by atoms with Crippen LogP contribution in [0.25, 0.3) is 0 Å². The Labute approximate surface area is 126 Å². The molecule has 1 amide bonds. The predicted octanol–water partition coefficient (Wildman–Crippen LogP) is 2.21. The molecule has 21 heavy (non-hydrogen) atoms. The monoisotopic (exact) mass is 291 g/mol. The Balaban J connectivity index is 1.84. The first-order chi connectivity index (χ1) is 10.1. The minimum absolute atomic E-state index is 0.0227. The Bertz CT molecular complexity index is 469. The molecule has 2 atom stereocenters. The topological polar surface area (TPSA) is 58.6 Å². The summed E-state index contributed by atoms with van der Waals surface area (Å²) in [6.45, 7) is 5.68. The Morgan fingerprint density at radius 1 is 1.38 bits per heavy atom. The third kappa shape index (κ3) is 4.29. The minimum atomic E-state index is -0.656. The lowest BCUT2D eigenvalue weighted by Crippen LogP contribution is -2.37. The van der Waals surface area contributed by atoms with Gasteiger partial charge in [-0.2, -0.15) is 0 Å². The first kappa shape index (κ1) is 16.0. The van der Waals surface area contributed by atoms with Crippen LogP contribution in [0.3, 0.4) is 0 Å². The van der Waals surface area contributed by atoms with E-state index in [1.165, 1.54) is 0 Å². The lowest BCUT2D eigenvalue weighted by atomic mass is 9.86. The molecule has 116 valence electrons. The van der Waals surface area contributed by atoms with Crippen molar-refractivity contribution in [3.05, 3.63) is 35.4 Å². The number of aliphatic hydroxyl groups excluding tert-OH is 1. The summed E-state index contributed by atoms with van der Waals surface area (Å²) in [5, 5.41) is 13.1. The SMILES string of the molecule is Cc1ccccc1C(O)CNC(=O)C(C)C1CCOCC1. The van der Waals surface area contributed by atoms with E-state index in [1.54, 1.807) is 0 Å². The zero-order chi connectivity index (χ0) is 15.2. The second kappa shape index (κ2) is 7.57. The summed E-state index contributed by atoms with van der Waals surface area (Å²) in [6.07, 6.45) is 1.22. The van der Waals surface area contributed by atoms with Crippen molar-refractivity contribution in [2.45, 2.75) is 32.8 Å². The smallest absolute Gasteiger partial charge is 0.223 e. The molecule has 2 N–H and O–H groups in total. The molecule has 0 saturated carbocycles. The number of aryl methyl sites for hydroxylation is 1. The van der Waals surface area contributed by atoms with Crippen LogP contribution in [0.1, 0.15) is 37.0 Å². The van der Waals surface area contributed by atoms with Gasteiger partial charge in [0, 0.05) is 25.7 Å². The Morgan fingerprint density at radius 2 is 2.05 bits per heavy atom. The van der Waals surface area contributed by atoms with E-state index in [9.17, 15) is 9.90 Å². The maximum Gasteiger partial charge on any atom is 0.223 e. The summed E-state index contributed by atoms with van der Waals surface area (Å²) in [5.41, 5.74) is 1.91. The molecule has 1 aliphatic rings. The van der Waals surface area contributed by atoms with E-state index < -0.39 is 6.10 Å². The van der Waals surface area contributed by atoms with Crippen LogP contribution >= 0.6 is 0 Å². The molecule has 1 aromatic rings. The second-order valence-corrected chi connectivity index (χ2v) is 5.86. The third-order valence-corrected chi connectivity index (χ3v) is 4.40. The molecule has 0 aliphatic carbocycles. The van der Waals surface area contributed by atoms with Crippen molar-refractivity contribution in [3.63, 3.8) is 0 Å². The average Bonchev–Trinajstić information content (AvgIpc) is 2.52. The highest BCUT2D eigenvalue weighted by atomic mass is 16.5. The molecule has 0 spiro atoms. The van der Waals surface area contributed by atoms with Crippen molar-refractivity contribution in [3.8, 4) is 0 Å². The van der Waals surface area contributed by atoms with Gasteiger partial charge < -0.3 is 15.2 Å². The molecule has 2 rings (SSSR count). The first-order valence-electron chi connectivity index (χ1n) is 7.68. The molecule has 1 saturated heterocycles. The van der Waals surface area contributed by atoms with Crippen LogP contribution in [0, 0.1) is 18.8 Å². The van der Waals surface area contributed by atoms with E-state index in [0.29, 0.717) is 5.92 Å². The average molecular weight is 291 g/mol. The molecular formula is C17H25NO3. The van der Waals surface area contributed by atoms with Crippen molar-refractivity contribution in [1.29, 1.82) is 0 Å². The molecule has 2 unspecified atom stereocenters. The molecule has 1 aliphatic heterocycles. The van der Waals surface area contributed by atoms with Gasteiger partial charge in [-0.1, -0.05) is 31.2 Å². The number of hydrogen-bond donors (Lipinski definition) is 2. The van der Waals surface area contributed by atoms with Crippen LogP contribution < -0.4 is 5.32 Å². The predicted molar refractivity (Wildman–Crippen MR) is 81.9 cm³/mol. The zero-order valence-corrected chi connectivity index (χ0v) is 12.8.